The molecule has 1 saturated heterocycles. The standard InChI is InChI=1S/C16H23BrN4/c1-20(14-6-7-14)16(18)19-10-12-8-9-21(11-12)15-4-2-13(17)3-5-15/h2-5,12,14H,6-11H2,1H3,(H2,18,19). The van der Waals surface area contributed by atoms with Crippen LogP contribution in [0.2, 0.25) is 0 Å². The first kappa shape index (κ1) is 14.7. The third-order valence-corrected chi connectivity index (χ3v) is 4.97. The molecule has 1 heterocycles. The van der Waals surface area contributed by atoms with Gasteiger partial charge in [-0.3, -0.25) is 4.99 Å². The van der Waals surface area contributed by atoms with Crippen LogP contribution in [0.4, 0.5) is 5.69 Å². The Labute approximate surface area is 135 Å². The van der Waals surface area contributed by atoms with Gasteiger partial charge in [0.25, 0.3) is 0 Å². The predicted octanol–water partition coefficient (Wildman–Crippen LogP) is 2.68. The van der Waals surface area contributed by atoms with Crippen molar-refractivity contribution in [3.63, 3.8) is 0 Å². The second kappa shape index (κ2) is 6.26. The van der Waals surface area contributed by atoms with Gasteiger partial charge in [-0.2, -0.15) is 0 Å². The van der Waals surface area contributed by atoms with E-state index >= 15 is 0 Å². The van der Waals surface area contributed by atoms with Crippen molar-refractivity contribution < 1.29 is 0 Å². The van der Waals surface area contributed by atoms with E-state index in [0.717, 1.165) is 24.1 Å². The zero-order valence-electron chi connectivity index (χ0n) is 12.5. The van der Waals surface area contributed by atoms with E-state index < -0.39 is 0 Å². The number of halogens is 1. The highest BCUT2D eigenvalue weighted by atomic mass is 79.9. The Hall–Kier alpha value is -1.23. The Morgan fingerprint density at radius 3 is 2.71 bits per heavy atom. The molecule has 2 N–H and O–H groups in total. The molecule has 0 radical (unpaired) electrons. The molecule has 21 heavy (non-hydrogen) atoms. The molecule has 1 saturated carbocycles. The van der Waals surface area contributed by atoms with E-state index in [-0.39, 0.29) is 0 Å². The van der Waals surface area contributed by atoms with Crippen molar-refractivity contribution >= 4 is 27.6 Å². The van der Waals surface area contributed by atoms with Gasteiger partial charge >= 0.3 is 0 Å². The first-order chi connectivity index (χ1) is 10.1. The average Bonchev–Trinajstić information content (AvgIpc) is 3.23. The summed E-state index contributed by atoms with van der Waals surface area (Å²) in [6, 6.07) is 9.18. The summed E-state index contributed by atoms with van der Waals surface area (Å²) >= 11 is 3.48. The van der Waals surface area contributed by atoms with Gasteiger partial charge in [-0.05, 0) is 49.4 Å². The minimum absolute atomic E-state index is 0.611. The van der Waals surface area contributed by atoms with Gasteiger partial charge in [0.1, 0.15) is 0 Å². The zero-order valence-corrected chi connectivity index (χ0v) is 14.1. The summed E-state index contributed by atoms with van der Waals surface area (Å²) in [5, 5.41) is 0. The largest absolute Gasteiger partial charge is 0.371 e. The van der Waals surface area contributed by atoms with Crippen molar-refractivity contribution in [3.8, 4) is 0 Å². The first-order valence-corrected chi connectivity index (χ1v) is 8.46. The Morgan fingerprint density at radius 1 is 1.33 bits per heavy atom. The van der Waals surface area contributed by atoms with E-state index in [2.05, 4.69) is 62.0 Å². The highest BCUT2D eigenvalue weighted by Crippen LogP contribution is 2.26. The lowest BCUT2D eigenvalue weighted by Crippen LogP contribution is -2.36. The zero-order chi connectivity index (χ0) is 14.8. The lowest BCUT2D eigenvalue weighted by molar-refractivity contribution is 0.482. The molecular weight excluding hydrogens is 328 g/mol. The molecule has 2 fully saturated rings. The van der Waals surface area contributed by atoms with Gasteiger partial charge in [0.15, 0.2) is 5.96 Å². The summed E-state index contributed by atoms with van der Waals surface area (Å²) in [4.78, 5) is 9.16. The van der Waals surface area contributed by atoms with E-state index in [0.29, 0.717) is 17.9 Å². The fourth-order valence-corrected chi connectivity index (χ4v) is 3.12. The molecule has 0 aromatic heterocycles. The number of nitrogens with two attached hydrogens (primary N) is 1. The van der Waals surface area contributed by atoms with Gasteiger partial charge in [0.05, 0.1) is 0 Å². The summed E-state index contributed by atoms with van der Waals surface area (Å²) < 4.78 is 1.13. The second-order valence-corrected chi connectivity index (χ2v) is 7.03. The Morgan fingerprint density at radius 2 is 2.05 bits per heavy atom. The Bertz CT molecular complexity index is 510. The van der Waals surface area contributed by atoms with Gasteiger partial charge in [-0.25, -0.2) is 0 Å². The van der Waals surface area contributed by atoms with E-state index in [1.165, 1.54) is 24.9 Å². The van der Waals surface area contributed by atoms with Crippen molar-refractivity contribution in [1.82, 2.24) is 4.90 Å². The Balaban J connectivity index is 1.52. The van der Waals surface area contributed by atoms with E-state index in [1.54, 1.807) is 0 Å². The van der Waals surface area contributed by atoms with Gasteiger partial charge in [0, 0.05) is 42.9 Å². The molecule has 0 bridgehead atoms. The molecule has 1 aromatic rings. The quantitative estimate of drug-likeness (QED) is 0.670. The van der Waals surface area contributed by atoms with Crippen molar-refractivity contribution in [2.75, 3.05) is 31.6 Å². The minimum Gasteiger partial charge on any atom is -0.371 e. The minimum atomic E-state index is 0.611. The molecule has 114 valence electrons. The Kier molecular flexibility index (Phi) is 4.38. The van der Waals surface area contributed by atoms with Crippen LogP contribution in [0, 0.1) is 5.92 Å². The number of aliphatic imine (C=N–C) groups is 1. The number of nitrogens with zero attached hydrogens (tertiary/aromatic N) is 3. The monoisotopic (exact) mass is 350 g/mol. The number of rotatable bonds is 4. The van der Waals surface area contributed by atoms with Crippen molar-refractivity contribution in [2.45, 2.75) is 25.3 Å². The molecule has 3 rings (SSSR count). The highest BCUT2D eigenvalue weighted by molar-refractivity contribution is 9.10. The van der Waals surface area contributed by atoms with Crippen LogP contribution in [0.15, 0.2) is 33.7 Å². The van der Waals surface area contributed by atoms with Gasteiger partial charge < -0.3 is 15.5 Å². The summed E-state index contributed by atoms with van der Waals surface area (Å²) in [5.74, 6) is 1.32. The maximum Gasteiger partial charge on any atom is 0.191 e. The number of benzene rings is 1. The molecule has 0 amide bonds. The number of anilines is 1. The molecule has 4 nitrogen and oxygen atoms in total. The van der Waals surface area contributed by atoms with E-state index in [9.17, 15) is 0 Å². The molecule has 2 aliphatic rings. The molecule has 5 heteroatoms. The third kappa shape index (κ3) is 3.70. The van der Waals surface area contributed by atoms with Gasteiger partial charge in [-0.15, -0.1) is 0 Å². The molecule has 1 atom stereocenters. The van der Waals surface area contributed by atoms with Crippen LogP contribution >= 0.6 is 15.9 Å². The fourth-order valence-electron chi connectivity index (χ4n) is 2.85. The maximum absolute atomic E-state index is 6.06. The number of hydrogen-bond donors (Lipinski definition) is 1. The maximum atomic E-state index is 6.06. The van der Waals surface area contributed by atoms with E-state index in [4.69, 9.17) is 5.73 Å². The number of hydrogen-bond acceptors (Lipinski definition) is 2. The van der Waals surface area contributed by atoms with Crippen LogP contribution in [0.25, 0.3) is 0 Å². The lowest BCUT2D eigenvalue weighted by atomic mass is 10.1. The lowest BCUT2D eigenvalue weighted by Gasteiger charge is -2.19. The molecule has 1 aromatic carbocycles. The fraction of sp³-hybridized carbons (Fsp3) is 0.562. The van der Waals surface area contributed by atoms with Crippen LogP contribution < -0.4 is 10.6 Å². The second-order valence-electron chi connectivity index (χ2n) is 6.12. The SMILES string of the molecule is CN(C(N)=NCC1CCN(c2ccc(Br)cc2)C1)C1CC1. The van der Waals surface area contributed by atoms with Crippen LogP contribution in [0.3, 0.4) is 0 Å². The van der Waals surface area contributed by atoms with Crippen LogP contribution in [0.5, 0.6) is 0 Å². The summed E-state index contributed by atoms with van der Waals surface area (Å²) in [5.41, 5.74) is 7.35. The van der Waals surface area contributed by atoms with Crippen molar-refractivity contribution in [2.24, 2.45) is 16.6 Å². The molecule has 1 aliphatic carbocycles. The summed E-state index contributed by atoms with van der Waals surface area (Å²) in [6.45, 7) is 3.03. The number of guanidine groups is 1. The summed E-state index contributed by atoms with van der Waals surface area (Å²) in [7, 11) is 2.05. The molecule has 1 aliphatic heterocycles. The van der Waals surface area contributed by atoms with Crippen molar-refractivity contribution in [1.29, 1.82) is 0 Å². The molecule has 0 spiro atoms. The van der Waals surface area contributed by atoms with Gasteiger partial charge in [-0.1, -0.05) is 15.9 Å². The molecular formula is C16H23BrN4. The normalized spacial score (nSPS) is 22.7. The predicted molar refractivity (Wildman–Crippen MR) is 91.7 cm³/mol. The first-order valence-electron chi connectivity index (χ1n) is 7.67. The van der Waals surface area contributed by atoms with Crippen LogP contribution in [-0.2, 0) is 0 Å². The summed E-state index contributed by atoms with van der Waals surface area (Å²) in [6.07, 6.45) is 3.71. The topological polar surface area (TPSA) is 44.9 Å². The van der Waals surface area contributed by atoms with E-state index in [1.807, 2.05) is 0 Å². The van der Waals surface area contributed by atoms with Crippen LogP contribution in [-0.4, -0.2) is 43.6 Å². The average molecular weight is 351 g/mol. The van der Waals surface area contributed by atoms with Crippen LogP contribution in [0.1, 0.15) is 19.3 Å². The smallest absolute Gasteiger partial charge is 0.191 e. The third-order valence-electron chi connectivity index (χ3n) is 4.45. The molecule has 1 unspecified atom stereocenters. The van der Waals surface area contributed by atoms with Crippen molar-refractivity contribution in [3.05, 3.63) is 28.7 Å². The van der Waals surface area contributed by atoms with Gasteiger partial charge in [0.2, 0.25) is 0 Å². The highest BCUT2D eigenvalue weighted by Gasteiger charge is 2.28.